The van der Waals surface area contributed by atoms with E-state index >= 15 is 0 Å². The molecule has 1 aromatic rings. The van der Waals surface area contributed by atoms with Crippen molar-refractivity contribution in [2.24, 2.45) is 0 Å². The van der Waals surface area contributed by atoms with Gasteiger partial charge in [0.1, 0.15) is 0 Å². The number of hydrogen-bond donors (Lipinski definition) is 2. The first-order valence-electron chi connectivity index (χ1n) is 7.94. The fraction of sp³-hybridized carbons (Fsp3) is 0.647. The first-order chi connectivity index (χ1) is 10.2. The molecule has 1 unspecified atom stereocenters. The van der Waals surface area contributed by atoms with Crippen molar-refractivity contribution in [2.45, 2.75) is 57.3 Å². The van der Waals surface area contributed by atoms with Crippen molar-refractivity contribution in [1.82, 2.24) is 5.32 Å². The van der Waals surface area contributed by atoms with Crippen LogP contribution < -0.4 is 5.32 Å². The van der Waals surface area contributed by atoms with E-state index in [0.29, 0.717) is 19.3 Å². The summed E-state index contributed by atoms with van der Waals surface area (Å²) in [5, 5.41) is 14.1. The molecule has 2 atom stereocenters. The minimum atomic E-state index is -0.475. The smallest absolute Gasteiger partial charge is 0.0898 e. The molecule has 1 saturated carbocycles. The molecule has 2 N–H and O–H groups in total. The van der Waals surface area contributed by atoms with Crippen LogP contribution in [0.15, 0.2) is 24.3 Å². The van der Waals surface area contributed by atoms with Crippen LogP contribution >= 0.6 is 11.6 Å². The summed E-state index contributed by atoms with van der Waals surface area (Å²) in [6, 6.07) is 7.90. The van der Waals surface area contributed by atoms with E-state index in [2.05, 4.69) is 12.2 Å². The van der Waals surface area contributed by atoms with E-state index in [1.807, 2.05) is 24.3 Å². The molecule has 0 saturated heterocycles. The van der Waals surface area contributed by atoms with Crippen molar-refractivity contribution in [2.75, 3.05) is 13.2 Å². The normalized spacial score (nSPS) is 19.4. The molecule has 0 aliphatic heterocycles. The van der Waals surface area contributed by atoms with Crippen LogP contribution in [-0.2, 0) is 4.74 Å². The number of nitrogens with one attached hydrogen (secondary N) is 1. The van der Waals surface area contributed by atoms with Gasteiger partial charge in [0.05, 0.1) is 18.8 Å². The van der Waals surface area contributed by atoms with Crippen LogP contribution in [0.2, 0.25) is 5.02 Å². The Hall–Kier alpha value is -0.610. The van der Waals surface area contributed by atoms with Gasteiger partial charge in [0.25, 0.3) is 0 Å². The third-order valence-corrected chi connectivity index (χ3v) is 4.45. The van der Waals surface area contributed by atoms with Crippen LogP contribution in [0.25, 0.3) is 0 Å². The fourth-order valence-electron chi connectivity index (χ4n) is 2.79. The molecule has 0 aromatic heterocycles. The molecule has 0 bridgehead atoms. The SMILES string of the molecule is C[C@@H](NCC(O)COC1CCCCC1)c1ccccc1Cl. The van der Waals surface area contributed by atoms with E-state index in [0.717, 1.165) is 23.4 Å². The molecule has 1 fully saturated rings. The van der Waals surface area contributed by atoms with Gasteiger partial charge in [-0.25, -0.2) is 0 Å². The predicted molar refractivity (Wildman–Crippen MR) is 86.7 cm³/mol. The largest absolute Gasteiger partial charge is 0.389 e. The summed E-state index contributed by atoms with van der Waals surface area (Å²) in [5.74, 6) is 0. The lowest BCUT2D eigenvalue weighted by Crippen LogP contribution is -2.33. The van der Waals surface area contributed by atoms with E-state index in [4.69, 9.17) is 16.3 Å². The highest BCUT2D eigenvalue weighted by molar-refractivity contribution is 6.31. The molecule has 3 nitrogen and oxygen atoms in total. The maximum atomic E-state index is 10.0. The van der Waals surface area contributed by atoms with Crippen LogP contribution in [0.3, 0.4) is 0 Å². The lowest BCUT2D eigenvalue weighted by molar-refractivity contribution is -0.0235. The average Bonchev–Trinajstić information content (AvgIpc) is 2.52. The number of aliphatic hydroxyl groups is 1. The third kappa shape index (κ3) is 5.59. The van der Waals surface area contributed by atoms with Crippen molar-refractivity contribution < 1.29 is 9.84 Å². The van der Waals surface area contributed by atoms with Gasteiger partial charge in [-0.15, -0.1) is 0 Å². The summed E-state index contributed by atoms with van der Waals surface area (Å²) in [6.45, 7) is 2.97. The van der Waals surface area contributed by atoms with E-state index < -0.39 is 6.10 Å². The Morgan fingerprint density at radius 3 is 2.71 bits per heavy atom. The van der Waals surface area contributed by atoms with Crippen LogP contribution in [0.5, 0.6) is 0 Å². The van der Waals surface area contributed by atoms with Crippen molar-refractivity contribution in [3.05, 3.63) is 34.9 Å². The van der Waals surface area contributed by atoms with Gasteiger partial charge >= 0.3 is 0 Å². The molecule has 2 rings (SSSR count). The highest BCUT2D eigenvalue weighted by atomic mass is 35.5. The summed E-state index contributed by atoms with van der Waals surface area (Å²) in [6.07, 6.45) is 5.96. The Labute approximate surface area is 132 Å². The summed E-state index contributed by atoms with van der Waals surface area (Å²) >= 11 is 6.17. The zero-order valence-corrected chi connectivity index (χ0v) is 13.5. The molecule has 21 heavy (non-hydrogen) atoms. The van der Waals surface area contributed by atoms with Gasteiger partial charge in [-0.2, -0.15) is 0 Å². The predicted octanol–water partition coefficient (Wildman–Crippen LogP) is 3.70. The van der Waals surface area contributed by atoms with E-state index in [1.54, 1.807) is 0 Å². The quantitative estimate of drug-likeness (QED) is 0.806. The maximum absolute atomic E-state index is 10.0. The second-order valence-electron chi connectivity index (χ2n) is 5.90. The molecule has 4 heteroatoms. The summed E-state index contributed by atoms with van der Waals surface area (Å²) < 4.78 is 5.79. The average molecular weight is 312 g/mol. The summed E-state index contributed by atoms with van der Waals surface area (Å²) in [5.41, 5.74) is 1.06. The number of ether oxygens (including phenoxy) is 1. The lowest BCUT2D eigenvalue weighted by Gasteiger charge is -2.24. The minimum absolute atomic E-state index is 0.114. The zero-order chi connectivity index (χ0) is 15.1. The Kier molecular flexibility index (Phi) is 6.97. The van der Waals surface area contributed by atoms with Gasteiger partial charge in [-0.3, -0.25) is 0 Å². The van der Waals surface area contributed by atoms with Gasteiger partial charge in [0, 0.05) is 17.6 Å². The Bertz CT molecular complexity index is 421. The van der Waals surface area contributed by atoms with E-state index in [-0.39, 0.29) is 6.04 Å². The Morgan fingerprint density at radius 1 is 1.29 bits per heavy atom. The van der Waals surface area contributed by atoms with Crippen LogP contribution in [-0.4, -0.2) is 30.5 Å². The molecule has 0 amide bonds. The van der Waals surface area contributed by atoms with Crippen molar-refractivity contribution in [3.63, 3.8) is 0 Å². The number of rotatable bonds is 7. The molecule has 1 aliphatic rings. The van der Waals surface area contributed by atoms with Gasteiger partial charge in [-0.05, 0) is 31.4 Å². The van der Waals surface area contributed by atoms with E-state index in [1.165, 1.54) is 19.3 Å². The van der Waals surface area contributed by atoms with Crippen LogP contribution in [0.4, 0.5) is 0 Å². The Morgan fingerprint density at radius 2 is 2.00 bits per heavy atom. The molecule has 0 radical (unpaired) electrons. The number of hydrogen-bond acceptors (Lipinski definition) is 3. The van der Waals surface area contributed by atoms with Crippen molar-refractivity contribution in [1.29, 1.82) is 0 Å². The molecule has 0 heterocycles. The monoisotopic (exact) mass is 311 g/mol. The second kappa shape index (κ2) is 8.74. The van der Waals surface area contributed by atoms with Crippen LogP contribution in [0, 0.1) is 0 Å². The first kappa shape index (κ1) is 16.8. The number of halogens is 1. The molecule has 0 spiro atoms. The second-order valence-corrected chi connectivity index (χ2v) is 6.31. The first-order valence-corrected chi connectivity index (χ1v) is 8.32. The van der Waals surface area contributed by atoms with Crippen LogP contribution in [0.1, 0.15) is 50.6 Å². The summed E-state index contributed by atoms with van der Waals surface area (Å²) in [7, 11) is 0. The van der Waals surface area contributed by atoms with Gasteiger partial charge in [0.15, 0.2) is 0 Å². The van der Waals surface area contributed by atoms with Gasteiger partial charge in [-0.1, -0.05) is 49.1 Å². The molecule has 1 aliphatic carbocycles. The van der Waals surface area contributed by atoms with Gasteiger partial charge < -0.3 is 15.2 Å². The maximum Gasteiger partial charge on any atom is 0.0898 e. The molecular weight excluding hydrogens is 286 g/mol. The molecular formula is C17H26ClNO2. The fourth-order valence-corrected chi connectivity index (χ4v) is 3.09. The standard InChI is InChI=1S/C17H26ClNO2/c1-13(16-9-5-6-10-17(16)18)19-11-14(20)12-21-15-7-3-2-4-8-15/h5-6,9-10,13-15,19-20H,2-4,7-8,11-12H2,1H3/t13-,14?/m1/s1. The van der Waals surface area contributed by atoms with Crippen molar-refractivity contribution in [3.8, 4) is 0 Å². The minimum Gasteiger partial charge on any atom is -0.389 e. The Balaban J connectivity index is 1.68. The highest BCUT2D eigenvalue weighted by Crippen LogP contribution is 2.22. The lowest BCUT2D eigenvalue weighted by atomic mass is 9.98. The van der Waals surface area contributed by atoms with Crippen molar-refractivity contribution >= 4 is 11.6 Å². The van der Waals surface area contributed by atoms with Gasteiger partial charge in [0.2, 0.25) is 0 Å². The third-order valence-electron chi connectivity index (χ3n) is 4.11. The zero-order valence-electron chi connectivity index (χ0n) is 12.7. The molecule has 118 valence electrons. The van der Waals surface area contributed by atoms with E-state index in [9.17, 15) is 5.11 Å². The number of aliphatic hydroxyl groups excluding tert-OH is 1. The molecule has 1 aromatic carbocycles. The number of benzene rings is 1. The highest BCUT2D eigenvalue weighted by Gasteiger charge is 2.16. The topological polar surface area (TPSA) is 41.5 Å². The summed E-state index contributed by atoms with van der Waals surface area (Å²) in [4.78, 5) is 0.